The number of rotatable bonds is 4. The molecule has 0 radical (unpaired) electrons. The molecule has 2 aliphatic rings. The molecule has 0 unspecified atom stereocenters. The molecule has 25 heavy (non-hydrogen) atoms. The van der Waals surface area contributed by atoms with Crippen LogP contribution in [0.25, 0.3) is 0 Å². The van der Waals surface area contributed by atoms with Crippen LogP contribution in [0.15, 0.2) is 29.4 Å². The third-order valence-corrected chi connectivity index (χ3v) is 6.04. The maximum Gasteiger partial charge on any atom is 0.313 e. The molecule has 2 atom stereocenters. The van der Waals surface area contributed by atoms with Crippen molar-refractivity contribution >= 4 is 23.3 Å². The highest BCUT2D eigenvalue weighted by atomic mass is 32.1. The fourth-order valence-corrected chi connectivity index (χ4v) is 4.82. The molecule has 2 aliphatic heterocycles. The van der Waals surface area contributed by atoms with Gasteiger partial charge in [-0.2, -0.15) is 0 Å². The molecule has 132 valence electrons. The monoisotopic (exact) mass is 359 g/mol. The molecule has 2 fully saturated rings. The zero-order chi connectivity index (χ0) is 17.3. The van der Waals surface area contributed by atoms with E-state index in [1.165, 1.54) is 0 Å². The second-order valence-electron chi connectivity index (χ2n) is 6.79. The van der Waals surface area contributed by atoms with Crippen LogP contribution in [0.3, 0.4) is 0 Å². The van der Waals surface area contributed by atoms with Gasteiger partial charge < -0.3 is 10.0 Å². The number of piperidine rings is 2. The third-order valence-electron chi connectivity index (χ3n) is 5.40. The molecule has 4 rings (SSSR count). The number of carbonyl (C=O) groups is 1. The van der Waals surface area contributed by atoms with E-state index in [2.05, 4.69) is 19.9 Å². The number of hydrogen-bond donors (Lipinski definition) is 1. The Labute approximate surface area is 150 Å². The van der Waals surface area contributed by atoms with E-state index in [-0.39, 0.29) is 6.04 Å². The molecule has 7 nitrogen and oxygen atoms in total. The number of anilines is 1. The van der Waals surface area contributed by atoms with Gasteiger partial charge in [0.2, 0.25) is 5.95 Å². The first-order valence-corrected chi connectivity index (χ1v) is 9.50. The topological polar surface area (TPSA) is 82.5 Å². The summed E-state index contributed by atoms with van der Waals surface area (Å²) in [6, 6.07) is 1.81. The molecule has 0 saturated carbocycles. The maximum atomic E-state index is 12.3. The zero-order valence-electron chi connectivity index (χ0n) is 13.9. The minimum Gasteiger partial charge on any atom is -0.481 e. The molecular weight excluding hydrogens is 338 g/mol. The summed E-state index contributed by atoms with van der Waals surface area (Å²) in [5.41, 5.74) is 2.09. The van der Waals surface area contributed by atoms with Crippen molar-refractivity contribution in [2.75, 3.05) is 24.5 Å². The van der Waals surface area contributed by atoms with E-state index in [1.54, 1.807) is 29.8 Å². The Kier molecular flexibility index (Phi) is 4.39. The molecule has 4 heterocycles. The summed E-state index contributed by atoms with van der Waals surface area (Å²) >= 11 is 1.58. The standard InChI is InChI=1S/C17H21N5O2S/c23-15(24)17-4-1-7-21(9-13-10-25-12-20-13)14(17)3-8-22(11-17)16-18-5-2-6-19-16/h2,5-6,10,12,14H,1,3-4,7-9,11H2,(H,23,24)/t14-,17+/m1/s1. The molecule has 0 amide bonds. The predicted octanol–water partition coefficient (Wildman–Crippen LogP) is 1.88. The lowest BCUT2D eigenvalue weighted by Crippen LogP contribution is -2.64. The zero-order valence-corrected chi connectivity index (χ0v) is 14.7. The lowest BCUT2D eigenvalue weighted by molar-refractivity contribution is -0.158. The van der Waals surface area contributed by atoms with Crippen LogP contribution in [0.1, 0.15) is 25.0 Å². The van der Waals surface area contributed by atoms with Crippen LogP contribution >= 0.6 is 11.3 Å². The Morgan fingerprint density at radius 3 is 2.88 bits per heavy atom. The first kappa shape index (κ1) is 16.4. The van der Waals surface area contributed by atoms with E-state index in [9.17, 15) is 9.90 Å². The average Bonchev–Trinajstić information content (AvgIpc) is 3.15. The summed E-state index contributed by atoms with van der Waals surface area (Å²) in [5.74, 6) is -0.0840. The number of carboxylic acid groups (broad SMARTS) is 1. The largest absolute Gasteiger partial charge is 0.481 e. The quantitative estimate of drug-likeness (QED) is 0.892. The van der Waals surface area contributed by atoms with Crippen molar-refractivity contribution in [3.8, 4) is 0 Å². The highest BCUT2D eigenvalue weighted by Crippen LogP contribution is 2.43. The Morgan fingerprint density at radius 1 is 1.32 bits per heavy atom. The second kappa shape index (κ2) is 6.68. The van der Waals surface area contributed by atoms with Crippen LogP contribution in [-0.4, -0.2) is 56.6 Å². The van der Waals surface area contributed by atoms with Gasteiger partial charge in [-0.05, 0) is 31.9 Å². The molecular formula is C17H21N5O2S. The Hall–Kier alpha value is -2.06. The van der Waals surface area contributed by atoms with Gasteiger partial charge >= 0.3 is 5.97 Å². The molecule has 2 aromatic rings. The molecule has 8 heteroatoms. The molecule has 2 aromatic heterocycles. The Morgan fingerprint density at radius 2 is 2.16 bits per heavy atom. The van der Waals surface area contributed by atoms with Crippen LogP contribution in [0.4, 0.5) is 5.95 Å². The lowest BCUT2D eigenvalue weighted by atomic mass is 9.69. The van der Waals surface area contributed by atoms with E-state index in [0.717, 1.165) is 38.2 Å². The van der Waals surface area contributed by atoms with E-state index >= 15 is 0 Å². The molecule has 0 aliphatic carbocycles. The first-order valence-electron chi connectivity index (χ1n) is 8.55. The number of likely N-dealkylation sites (tertiary alicyclic amines) is 1. The highest BCUT2D eigenvalue weighted by molar-refractivity contribution is 7.07. The average molecular weight is 359 g/mol. The molecule has 1 N–H and O–H groups in total. The van der Waals surface area contributed by atoms with Gasteiger partial charge in [0.25, 0.3) is 0 Å². The smallest absolute Gasteiger partial charge is 0.313 e. The van der Waals surface area contributed by atoms with Crippen LogP contribution in [-0.2, 0) is 11.3 Å². The van der Waals surface area contributed by atoms with Crippen molar-refractivity contribution in [3.63, 3.8) is 0 Å². The van der Waals surface area contributed by atoms with Gasteiger partial charge in [0, 0.05) is 43.4 Å². The number of aromatic nitrogens is 3. The van der Waals surface area contributed by atoms with Crippen LogP contribution in [0.2, 0.25) is 0 Å². The van der Waals surface area contributed by atoms with Gasteiger partial charge in [-0.25, -0.2) is 15.0 Å². The lowest BCUT2D eigenvalue weighted by Gasteiger charge is -2.52. The van der Waals surface area contributed by atoms with Crippen molar-refractivity contribution in [2.24, 2.45) is 5.41 Å². The van der Waals surface area contributed by atoms with Crippen molar-refractivity contribution < 1.29 is 9.90 Å². The maximum absolute atomic E-state index is 12.3. The van der Waals surface area contributed by atoms with E-state index < -0.39 is 11.4 Å². The van der Waals surface area contributed by atoms with Crippen LogP contribution < -0.4 is 4.90 Å². The summed E-state index contributed by atoms with van der Waals surface area (Å²) in [7, 11) is 0. The van der Waals surface area contributed by atoms with Gasteiger partial charge in [-0.1, -0.05) is 0 Å². The fraction of sp³-hybridized carbons (Fsp3) is 0.529. The van der Waals surface area contributed by atoms with Crippen molar-refractivity contribution in [1.82, 2.24) is 19.9 Å². The van der Waals surface area contributed by atoms with Crippen molar-refractivity contribution in [3.05, 3.63) is 35.0 Å². The number of carboxylic acids is 1. The van der Waals surface area contributed by atoms with Crippen LogP contribution in [0.5, 0.6) is 0 Å². The molecule has 0 bridgehead atoms. The number of thiazole rings is 1. The SMILES string of the molecule is O=C(O)[C@]12CCCN(Cc3cscn3)[C@@H]1CCN(c1ncccn1)C2. The van der Waals surface area contributed by atoms with Gasteiger partial charge in [0.1, 0.15) is 5.41 Å². The first-order chi connectivity index (χ1) is 12.2. The third kappa shape index (κ3) is 3.00. The number of fused-ring (bicyclic) bond motifs is 1. The molecule has 2 saturated heterocycles. The van der Waals surface area contributed by atoms with Gasteiger partial charge in [0.05, 0.1) is 11.2 Å². The Bertz CT molecular complexity index is 726. The normalized spacial score (nSPS) is 27.0. The van der Waals surface area contributed by atoms with E-state index in [4.69, 9.17) is 0 Å². The summed E-state index contributed by atoms with van der Waals surface area (Å²) < 4.78 is 0. The van der Waals surface area contributed by atoms with Crippen molar-refractivity contribution in [1.29, 1.82) is 0 Å². The summed E-state index contributed by atoms with van der Waals surface area (Å²) in [6.07, 6.45) is 5.80. The second-order valence-corrected chi connectivity index (χ2v) is 7.51. The Balaban J connectivity index is 1.60. The minimum absolute atomic E-state index is 0.0282. The van der Waals surface area contributed by atoms with Crippen LogP contribution in [0, 0.1) is 5.41 Å². The van der Waals surface area contributed by atoms with Crippen molar-refractivity contribution in [2.45, 2.75) is 31.8 Å². The number of hydrogen-bond acceptors (Lipinski definition) is 7. The van der Waals surface area contributed by atoms with E-state index in [0.29, 0.717) is 18.9 Å². The van der Waals surface area contributed by atoms with Gasteiger partial charge in [-0.15, -0.1) is 11.3 Å². The minimum atomic E-state index is -0.772. The fourth-order valence-electron chi connectivity index (χ4n) is 4.27. The number of nitrogens with zero attached hydrogens (tertiary/aromatic N) is 5. The highest BCUT2D eigenvalue weighted by Gasteiger charge is 2.53. The molecule has 0 spiro atoms. The van der Waals surface area contributed by atoms with E-state index in [1.807, 2.05) is 15.8 Å². The predicted molar refractivity (Wildman–Crippen MR) is 94.5 cm³/mol. The number of aliphatic carboxylic acids is 1. The molecule has 0 aromatic carbocycles. The summed E-state index contributed by atoms with van der Waals surface area (Å²) in [4.78, 5) is 29.7. The van der Waals surface area contributed by atoms with Gasteiger partial charge in [0.15, 0.2) is 0 Å². The summed E-state index contributed by atoms with van der Waals surface area (Å²) in [5, 5.41) is 12.2. The van der Waals surface area contributed by atoms with Gasteiger partial charge in [-0.3, -0.25) is 9.69 Å². The summed E-state index contributed by atoms with van der Waals surface area (Å²) in [6.45, 7) is 2.89.